The molecule has 8 nitrogen and oxygen atoms in total. The quantitative estimate of drug-likeness (QED) is 0.135. The average Bonchev–Trinajstić information content (AvgIpc) is 0.683. The number of aliphatic hydroxyl groups is 3. The highest BCUT2D eigenvalue weighted by Gasteiger charge is 2.72. The molecule has 0 saturated heterocycles. The fraction of sp³-hybridized carbons (Fsp3) is 0.883. The molecule has 568 valence electrons. The van der Waals surface area contributed by atoms with Crippen molar-refractivity contribution in [2.24, 2.45) is 100 Å². The zero-order chi connectivity index (χ0) is 73.0. The molecule has 39 heteroatoms. The summed E-state index contributed by atoms with van der Waals surface area (Å²) >= 11 is 18.9. The van der Waals surface area contributed by atoms with Gasteiger partial charge in [0.25, 0.3) is 0 Å². The first kappa shape index (κ1) is 91.0. The van der Waals surface area contributed by atoms with Gasteiger partial charge in [-0.3, -0.25) is 9.59 Å². The molecule has 0 spiro atoms. The zero-order valence-corrected chi connectivity index (χ0v) is 82.6. The van der Waals surface area contributed by atoms with Gasteiger partial charge in [0.05, 0.1) is 35.1 Å². The molecule has 0 bridgehead atoms. The zero-order valence-electron chi connectivity index (χ0n) is 57.3. The molecule has 6 unspecified atom stereocenters. The van der Waals surface area contributed by atoms with Gasteiger partial charge >= 0.3 is 11.9 Å². The largest absolute Gasteiger partial charge is 0.481 e. The molecule has 0 heterocycles. The molecule has 0 amide bonds. The fourth-order valence-corrected chi connectivity index (χ4v) is 84.5. The number of fused-ring (bicyclic) bond motifs is 14. The lowest BCUT2D eigenvalue weighted by Gasteiger charge is -2.71. The number of carbonyl (C=O) groups is 3. The van der Waals surface area contributed by atoms with E-state index in [1.165, 1.54) is 46.7 Å². The fourth-order valence-electron chi connectivity index (χ4n) is 21.4. The number of aldehydes is 1. The number of carbonyl (C=O) groups excluding carboxylic acids is 1. The second-order valence-electron chi connectivity index (χ2n) is 31.4. The SMILES string of the molecule is CC1(C)CC[C@]2(C(=O)O)CC[C@]3(C)C(=CCC4C5(C)CC[C@H](O)[C@](C)(C=O)[C@@H]5CC[C@@]43C)C2C1.CC1(C)CC[C@]2(C(=O)O)CC[C@]3(C)C(=CCC4C5(C)CC[C@H](O)[C@](C)(CO)[C@@H]5CC[C@@]43C)C2C1.S=S=S=S=S=S=S=S=S=S=S=S=S=S=S.S=S=S=S=S=S=S=S=S=S=S=S=S=S=S=S. The Labute approximate surface area is 685 Å². The summed E-state index contributed by atoms with van der Waals surface area (Å²) in [5.74, 6) is 0.596. The van der Waals surface area contributed by atoms with E-state index >= 15 is 0 Å². The van der Waals surface area contributed by atoms with Gasteiger partial charge in [-0.2, -0.15) is 0 Å². The summed E-state index contributed by atoms with van der Waals surface area (Å²) in [4.78, 5) is 37.8. The summed E-state index contributed by atoms with van der Waals surface area (Å²) in [6.07, 6.45) is 23.7. The molecule has 10 aliphatic rings. The summed E-state index contributed by atoms with van der Waals surface area (Å²) in [5.41, 5.74) is 1.30. The maximum absolute atomic E-state index is 12.8. The van der Waals surface area contributed by atoms with Crippen LogP contribution in [0.4, 0.5) is 0 Å². The van der Waals surface area contributed by atoms with E-state index in [0.29, 0.717) is 24.2 Å². The van der Waals surface area contributed by atoms with Gasteiger partial charge in [-0.15, -0.1) is 0 Å². The topological polar surface area (TPSA) is 152 Å². The molecule has 0 aromatic heterocycles. The second kappa shape index (κ2) is 39.7. The maximum atomic E-state index is 12.8. The first-order valence-electron chi connectivity index (χ1n) is 32.6. The van der Waals surface area contributed by atoms with Crippen molar-refractivity contribution in [3.8, 4) is 0 Å². The second-order valence-corrected chi connectivity index (χ2v) is 79.2. The van der Waals surface area contributed by atoms with Crippen LogP contribution in [0, 0.1) is 100 Å². The van der Waals surface area contributed by atoms with E-state index in [4.69, 9.17) is 44.8 Å². The van der Waals surface area contributed by atoms with Crippen LogP contribution < -0.4 is 0 Å². The molecule has 0 aromatic rings. The van der Waals surface area contributed by atoms with Gasteiger partial charge in [0, 0.05) is 290 Å². The minimum absolute atomic E-state index is 0.00538. The molecule has 5 N–H and O–H groups in total. The van der Waals surface area contributed by atoms with Crippen LogP contribution in [0.15, 0.2) is 23.3 Å². The number of rotatable bonds is 4. The summed E-state index contributed by atoms with van der Waals surface area (Å²) in [6.45, 7) is 28.3. The lowest BCUT2D eigenvalue weighted by Crippen LogP contribution is -2.65. The molecule has 0 radical (unpaired) electrons. The van der Waals surface area contributed by atoms with Gasteiger partial charge in [-0.25, -0.2) is 0 Å². The maximum Gasteiger partial charge on any atom is 0.310 e. The number of allylic oxidation sites excluding steroid dienone is 4. The number of aliphatic hydroxyl groups excluding tert-OH is 3. The van der Waals surface area contributed by atoms with E-state index in [1.807, 2.05) is 6.92 Å². The highest BCUT2D eigenvalue weighted by atomic mass is 33.5. The Bertz CT molecular complexity index is 4390. The van der Waals surface area contributed by atoms with Crippen LogP contribution in [0.5, 0.6) is 0 Å². The van der Waals surface area contributed by atoms with Crippen LogP contribution in [-0.4, -0.2) is 62.6 Å². The highest BCUT2D eigenvalue weighted by molar-refractivity contribution is 8.78. The van der Waals surface area contributed by atoms with E-state index in [-0.39, 0.29) is 67.7 Å². The Morgan fingerprint density at radius 3 is 1.03 bits per heavy atom. The van der Waals surface area contributed by atoms with Crippen LogP contribution >= 0.6 is 0 Å². The van der Waals surface area contributed by atoms with E-state index in [0.717, 1.165) is 128 Å². The first-order chi connectivity index (χ1) is 46.7. The lowest BCUT2D eigenvalue weighted by atomic mass is 9.33. The van der Waals surface area contributed by atoms with Crippen molar-refractivity contribution < 1.29 is 39.9 Å². The van der Waals surface area contributed by atoms with Crippen LogP contribution in [0.3, 0.4) is 0 Å². The molecule has 10 aliphatic carbocycles. The monoisotopic (exact) mass is 1930 g/mol. The van der Waals surface area contributed by atoms with Gasteiger partial charge in [-0.05, 0) is 207 Å². The van der Waals surface area contributed by atoms with Crippen LogP contribution in [0.25, 0.3) is 0 Å². The van der Waals surface area contributed by atoms with Crippen molar-refractivity contribution in [3.05, 3.63) is 23.3 Å². The number of carboxylic acids is 2. The Morgan fingerprint density at radius 2 is 0.717 bits per heavy atom. The first-order valence-corrected chi connectivity index (χ1v) is 71.2. The number of carboxylic acid groups (broad SMARTS) is 2. The van der Waals surface area contributed by atoms with Crippen molar-refractivity contribution in [1.29, 1.82) is 0 Å². The molecule has 18 atom stereocenters. The predicted octanol–water partition coefficient (Wildman–Crippen LogP) is 12.5. The van der Waals surface area contributed by atoms with Gasteiger partial charge in [-0.1, -0.05) is 106 Å². The third-order valence-corrected chi connectivity index (χ3v) is 82.4. The minimum Gasteiger partial charge on any atom is -0.481 e. The molecule has 0 aromatic carbocycles. The summed E-state index contributed by atoms with van der Waals surface area (Å²) in [5, 5.41) is 53.1. The van der Waals surface area contributed by atoms with Gasteiger partial charge in [0.1, 0.15) is 6.29 Å². The van der Waals surface area contributed by atoms with Crippen molar-refractivity contribution in [3.63, 3.8) is 0 Å². The molecule has 8 saturated carbocycles. The molecule has 10 rings (SSSR count). The Morgan fingerprint density at radius 1 is 0.414 bits per heavy atom. The van der Waals surface area contributed by atoms with Gasteiger partial charge in [0.15, 0.2) is 0 Å². The van der Waals surface area contributed by atoms with Crippen molar-refractivity contribution >= 4 is 303 Å². The van der Waals surface area contributed by atoms with E-state index < -0.39 is 45.8 Å². The summed E-state index contributed by atoms with van der Waals surface area (Å²) in [7, 11) is 45.3. The number of hydrogen-bond donors (Lipinski definition) is 5. The molecular weight excluding hydrogens is 1840 g/mol. The number of aliphatic carboxylic acids is 2. The summed E-state index contributed by atoms with van der Waals surface area (Å²) < 4.78 is 0. The molecule has 0 aliphatic heterocycles. The van der Waals surface area contributed by atoms with Gasteiger partial charge < -0.3 is 30.3 Å². The van der Waals surface area contributed by atoms with Crippen molar-refractivity contribution in [2.75, 3.05) is 6.61 Å². The van der Waals surface area contributed by atoms with E-state index in [2.05, 4.69) is 88.3 Å². The number of hydrogen-bond acceptors (Lipinski definition) is 10. The smallest absolute Gasteiger partial charge is 0.310 e. The normalized spacial score (nSPS) is 39.3. The highest BCUT2D eigenvalue weighted by Crippen LogP contribution is 2.78. The van der Waals surface area contributed by atoms with Crippen molar-refractivity contribution in [2.45, 2.75) is 224 Å². The van der Waals surface area contributed by atoms with E-state index in [1.54, 1.807) is 204 Å². The third kappa shape index (κ3) is 19.8. The van der Waals surface area contributed by atoms with Gasteiger partial charge in [0.2, 0.25) is 0 Å². The lowest BCUT2D eigenvalue weighted by molar-refractivity contribution is -0.216. The average molecular weight is 1940 g/mol. The Balaban J connectivity index is 0.000000199. The minimum atomic E-state index is -0.669. The predicted molar refractivity (Wildman–Crippen MR) is 495 cm³/mol. The molecule has 99 heavy (non-hydrogen) atoms. The molecule has 8 fully saturated rings. The van der Waals surface area contributed by atoms with Crippen LogP contribution in [0.2, 0.25) is 0 Å². The Kier molecular flexibility index (Phi) is 36.5. The van der Waals surface area contributed by atoms with Crippen LogP contribution in [-0.2, 0) is 299 Å². The van der Waals surface area contributed by atoms with Crippen LogP contribution in [0.1, 0.15) is 212 Å². The van der Waals surface area contributed by atoms with E-state index in [9.17, 15) is 39.9 Å². The van der Waals surface area contributed by atoms with Crippen molar-refractivity contribution in [1.82, 2.24) is 0 Å². The summed E-state index contributed by atoms with van der Waals surface area (Å²) in [6, 6.07) is 0. The molecular formula is C60H94O8S31. The Hall–Kier alpha value is 4.79. The standard InChI is InChI=1S/C30H48O4.C30H46O4.S16.S15/c2*1-25(2)13-15-30(24(33)34)16-14-28(5)19(20(30)17-25)7-8-22-26(3)11-10-23(32)27(4,18-31)21(26)9-12-29(22,28)6;1-3-5-7-9-11-13-15-16-14-12-10-8-6-4-2;1-3-5-7-9-11-13-15-14-12-10-8-6-4-2/h7,20-23,31-32H,8-18H2,1-6H3,(H,33,34);7,18,20-23,32H,8-17H2,1-6H3,(H,33,34);;/t2*20?,21-,22?,23+,26?,27-,28-,29+,30+;;/m11../s1. The third-order valence-electron chi connectivity index (χ3n) is 26.9.